The molecular formula is C14H21N3O2. The number of nitrogens with two attached hydrogens (primary N) is 1. The van der Waals surface area contributed by atoms with E-state index in [-0.39, 0.29) is 17.8 Å². The number of carbonyl (C=O) groups is 1. The number of hydrogen-bond donors (Lipinski definition) is 2. The highest BCUT2D eigenvalue weighted by molar-refractivity contribution is 5.99. The minimum Gasteiger partial charge on any atom is -0.409 e. The van der Waals surface area contributed by atoms with Crippen molar-refractivity contribution < 1.29 is 10.0 Å². The largest absolute Gasteiger partial charge is 0.409 e. The molecule has 19 heavy (non-hydrogen) atoms. The molecule has 0 aromatic heterocycles. The van der Waals surface area contributed by atoms with Crippen LogP contribution >= 0.6 is 0 Å². The van der Waals surface area contributed by atoms with E-state index in [1.807, 2.05) is 18.7 Å². The number of benzene rings is 1. The number of oxime groups is 1. The lowest BCUT2D eigenvalue weighted by Crippen LogP contribution is -2.38. The van der Waals surface area contributed by atoms with Crippen LogP contribution in [0.25, 0.3) is 0 Å². The van der Waals surface area contributed by atoms with Crippen molar-refractivity contribution in [3.63, 3.8) is 0 Å². The molecule has 0 aliphatic rings. The quantitative estimate of drug-likeness (QED) is 0.369. The van der Waals surface area contributed by atoms with Crippen LogP contribution in [0.2, 0.25) is 0 Å². The zero-order valence-corrected chi connectivity index (χ0v) is 11.6. The second-order valence-electron chi connectivity index (χ2n) is 4.41. The fraction of sp³-hybridized carbons (Fsp3) is 0.429. The molecule has 1 amide bonds. The molecule has 0 aliphatic carbocycles. The first-order valence-electron chi connectivity index (χ1n) is 6.44. The van der Waals surface area contributed by atoms with E-state index in [0.717, 1.165) is 6.42 Å². The van der Waals surface area contributed by atoms with Gasteiger partial charge in [0.2, 0.25) is 0 Å². The number of amides is 1. The van der Waals surface area contributed by atoms with Crippen molar-refractivity contribution >= 4 is 11.7 Å². The molecule has 0 spiro atoms. The summed E-state index contributed by atoms with van der Waals surface area (Å²) < 4.78 is 0. The van der Waals surface area contributed by atoms with Crippen molar-refractivity contribution in [1.29, 1.82) is 0 Å². The summed E-state index contributed by atoms with van der Waals surface area (Å²) in [6, 6.07) is 6.95. The van der Waals surface area contributed by atoms with Gasteiger partial charge in [-0.05, 0) is 32.4 Å². The third kappa shape index (κ3) is 3.47. The molecule has 0 radical (unpaired) electrons. The molecule has 0 aliphatic heterocycles. The summed E-state index contributed by atoms with van der Waals surface area (Å²) >= 11 is 0. The van der Waals surface area contributed by atoms with Crippen molar-refractivity contribution in [2.75, 3.05) is 6.54 Å². The van der Waals surface area contributed by atoms with E-state index >= 15 is 0 Å². The second kappa shape index (κ2) is 6.78. The summed E-state index contributed by atoms with van der Waals surface area (Å²) in [4.78, 5) is 14.2. The first-order valence-corrected chi connectivity index (χ1v) is 6.44. The van der Waals surface area contributed by atoms with E-state index in [4.69, 9.17) is 10.9 Å². The zero-order valence-electron chi connectivity index (χ0n) is 11.6. The number of hydrogen-bond acceptors (Lipinski definition) is 3. The molecule has 1 aromatic rings. The normalized spacial score (nSPS) is 13.1. The van der Waals surface area contributed by atoms with Crippen LogP contribution in [0, 0.1) is 0 Å². The Kier molecular flexibility index (Phi) is 5.36. The maximum absolute atomic E-state index is 12.3. The Morgan fingerprint density at radius 2 is 1.84 bits per heavy atom. The van der Waals surface area contributed by atoms with Gasteiger partial charge in [0.15, 0.2) is 5.84 Å². The van der Waals surface area contributed by atoms with E-state index in [1.54, 1.807) is 24.3 Å². The first-order chi connectivity index (χ1) is 9.04. The monoisotopic (exact) mass is 263 g/mol. The summed E-state index contributed by atoms with van der Waals surface area (Å²) in [6.07, 6.45) is 0.918. The highest BCUT2D eigenvalue weighted by atomic mass is 16.4. The van der Waals surface area contributed by atoms with Gasteiger partial charge < -0.3 is 15.8 Å². The highest BCUT2D eigenvalue weighted by Crippen LogP contribution is 2.11. The topological polar surface area (TPSA) is 78.9 Å². The van der Waals surface area contributed by atoms with E-state index in [0.29, 0.717) is 17.7 Å². The van der Waals surface area contributed by atoms with Crippen LogP contribution in [-0.2, 0) is 0 Å². The Morgan fingerprint density at radius 3 is 2.26 bits per heavy atom. The smallest absolute Gasteiger partial charge is 0.254 e. The van der Waals surface area contributed by atoms with E-state index in [2.05, 4.69) is 12.1 Å². The maximum atomic E-state index is 12.3. The molecule has 1 rings (SSSR count). The van der Waals surface area contributed by atoms with Gasteiger partial charge in [-0.25, -0.2) is 0 Å². The van der Waals surface area contributed by atoms with Crippen LogP contribution in [0.5, 0.6) is 0 Å². The number of carbonyl (C=O) groups excluding carboxylic acids is 1. The molecule has 0 saturated heterocycles. The Labute approximate surface area is 113 Å². The van der Waals surface area contributed by atoms with Crippen molar-refractivity contribution in [1.82, 2.24) is 4.90 Å². The summed E-state index contributed by atoms with van der Waals surface area (Å²) in [5.41, 5.74) is 6.68. The molecule has 0 heterocycles. The molecule has 1 aromatic carbocycles. The number of nitrogens with zero attached hydrogens (tertiary/aromatic N) is 2. The van der Waals surface area contributed by atoms with Gasteiger partial charge in [0, 0.05) is 23.7 Å². The second-order valence-corrected chi connectivity index (χ2v) is 4.41. The zero-order chi connectivity index (χ0) is 14.4. The fourth-order valence-electron chi connectivity index (χ4n) is 1.88. The van der Waals surface area contributed by atoms with Crippen LogP contribution in [0.1, 0.15) is 43.1 Å². The van der Waals surface area contributed by atoms with Crippen LogP contribution in [0.3, 0.4) is 0 Å². The van der Waals surface area contributed by atoms with E-state index < -0.39 is 0 Å². The molecule has 3 N–H and O–H groups in total. The standard InChI is InChI=1S/C14H21N3O2/c1-4-10(3)17(5-2)14(18)12-8-6-11(7-9-12)13(15)16-19/h6-10,19H,4-5H2,1-3H3,(H2,15,16). The number of amidine groups is 1. The van der Waals surface area contributed by atoms with Crippen LogP contribution in [0.4, 0.5) is 0 Å². The molecule has 0 fully saturated rings. The summed E-state index contributed by atoms with van der Waals surface area (Å²) in [5.74, 6) is 0.0381. The van der Waals surface area contributed by atoms with Crippen LogP contribution in [0.15, 0.2) is 29.4 Å². The van der Waals surface area contributed by atoms with Crippen molar-refractivity contribution in [2.45, 2.75) is 33.2 Å². The summed E-state index contributed by atoms with van der Waals surface area (Å²) in [6.45, 7) is 6.74. The third-order valence-electron chi connectivity index (χ3n) is 3.26. The highest BCUT2D eigenvalue weighted by Gasteiger charge is 2.18. The molecule has 0 bridgehead atoms. The van der Waals surface area contributed by atoms with Gasteiger partial charge in [0.25, 0.3) is 5.91 Å². The maximum Gasteiger partial charge on any atom is 0.254 e. The predicted molar refractivity (Wildman–Crippen MR) is 75.4 cm³/mol. The molecular weight excluding hydrogens is 242 g/mol. The Bertz CT molecular complexity index is 454. The van der Waals surface area contributed by atoms with Gasteiger partial charge in [0.1, 0.15) is 0 Å². The van der Waals surface area contributed by atoms with Crippen molar-refractivity contribution in [3.05, 3.63) is 35.4 Å². The summed E-state index contributed by atoms with van der Waals surface area (Å²) in [5, 5.41) is 11.5. The van der Waals surface area contributed by atoms with Crippen molar-refractivity contribution in [2.24, 2.45) is 10.9 Å². The Balaban J connectivity index is 2.94. The SMILES string of the molecule is CCC(C)N(CC)C(=O)c1ccc(/C(N)=N/O)cc1. The molecule has 0 saturated carbocycles. The third-order valence-corrected chi connectivity index (χ3v) is 3.26. The average Bonchev–Trinajstić information content (AvgIpc) is 2.46. The van der Waals surface area contributed by atoms with E-state index in [1.165, 1.54) is 0 Å². The lowest BCUT2D eigenvalue weighted by atomic mass is 10.1. The Hall–Kier alpha value is -2.04. The predicted octanol–water partition coefficient (Wildman–Crippen LogP) is 2.04. The Morgan fingerprint density at radius 1 is 1.32 bits per heavy atom. The molecule has 5 heteroatoms. The first kappa shape index (κ1) is 15.0. The molecule has 104 valence electrons. The molecule has 1 unspecified atom stereocenters. The van der Waals surface area contributed by atoms with Gasteiger partial charge in [0.05, 0.1) is 0 Å². The lowest BCUT2D eigenvalue weighted by Gasteiger charge is -2.27. The lowest BCUT2D eigenvalue weighted by molar-refractivity contribution is 0.0700. The molecule has 5 nitrogen and oxygen atoms in total. The van der Waals surface area contributed by atoms with Gasteiger partial charge in [-0.2, -0.15) is 0 Å². The fourth-order valence-corrected chi connectivity index (χ4v) is 1.88. The summed E-state index contributed by atoms with van der Waals surface area (Å²) in [7, 11) is 0. The minimum absolute atomic E-state index is 0.00269. The van der Waals surface area contributed by atoms with E-state index in [9.17, 15) is 4.79 Å². The van der Waals surface area contributed by atoms with Gasteiger partial charge >= 0.3 is 0 Å². The van der Waals surface area contributed by atoms with Gasteiger partial charge in [-0.3, -0.25) is 4.79 Å². The van der Waals surface area contributed by atoms with Gasteiger partial charge in [-0.1, -0.05) is 24.2 Å². The average molecular weight is 263 g/mol. The minimum atomic E-state index is 0.00269. The van der Waals surface area contributed by atoms with Crippen LogP contribution in [-0.4, -0.2) is 34.4 Å². The van der Waals surface area contributed by atoms with Crippen LogP contribution < -0.4 is 5.73 Å². The molecule has 1 atom stereocenters. The van der Waals surface area contributed by atoms with Gasteiger partial charge in [-0.15, -0.1) is 0 Å². The number of rotatable bonds is 5. The van der Waals surface area contributed by atoms with Crippen molar-refractivity contribution in [3.8, 4) is 0 Å².